The van der Waals surface area contributed by atoms with Crippen LogP contribution in [0.4, 0.5) is 5.69 Å². The highest BCUT2D eigenvalue weighted by molar-refractivity contribution is 7.73. The Morgan fingerprint density at radius 1 is 1.32 bits per heavy atom. The van der Waals surface area contributed by atoms with Gasteiger partial charge in [0.2, 0.25) is 5.88 Å². The zero-order valence-electron chi connectivity index (χ0n) is 15.3. The van der Waals surface area contributed by atoms with E-state index in [-0.39, 0.29) is 5.88 Å². The lowest BCUT2D eigenvalue weighted by Gasteiger charge is -2.08. The summed E-state index contributed by atoms with van der Waals surface area (Å²) in [5.41, 5.74) is 4.91. The van der Waals surface area contributed by atoms with Gasteiger partial charge in [0.05, 0.1) is 28.4 Å². The Morgan fingerprint density at radius 3 is 2.86 bits per heavy atom. The molecule has 2 heterocycles. The van der Waals surface area contributed by atoms with E-state index in [2.05, 4.69) is 18.0 Å². The van der Waals surface area contributed by atoms with Crippen molar-refractivity contribution in [2.24, 2.45) is 4.99 Å². The van der Waals surface area contributed by atoms with Gasteiger partial charge < -0.3 is 9.84 Å². The predicted molar refractivity (Wildman–Crippen MR) is 120 cm³/mol. The second-order valence-corrected chi connectivity index (χ2v) is 8.32. The molecule has 1 aliphatic rings. The molecule has 0 fully saturated rings. The summed E-state index contributed by atoms with van der Waals surface area (Å²) in [5.74, 6) is 0.650. The van der Waals surface area contributed by atoms with Crippen LogP contribution in [0.1, 0.15) is 22.9 Å². The average molecular weight is 429 g/mol. The van der Waals surface area contributed by atoms with E-state index in [0.717, 1.165) is 23.2 Å². The van der Waals surface area contributed by atoms with E-state index >= 15 is 0 Å². The van der Waals surface area contributed by atoms with Crippen LogP contribution in [0.3, 0.4) is 0 Å². The highest BCUT2D eigenvalue weighted by Gasteiger charge is 2.18. The Balaban J connectivity index is 1.78. The topological polar surface area (TPSA) is 46.8 Å². The van der Waals surface area contributed by atoms with Crippen molar-refractivity contribution in [2.75, 3.05) is 7.11 Å². The van der Waals surface area contributed by atoms with Crippen LogP contribution >= 0.6 is 35.2 Å². The molecule has 0 atom stereocenters. The third kappa shape index (κ3) is 3.17. The van der Waals surface area contributed by atoms with Crippen molar-refractivity contribution in [3.8, 4) is 17.3 Å². The first kappa shape index (κ1) is 18.9. The summed E-state index contributed by atoms with van der Waals surface area (Å²) in [7, 11) is 1.56. The highest BCUT2D eigenvalue weighted by atomic mass is 35.5. The number of benzene rings is 2. The number of aromatic hydroxyl groups is 1. The molecule has 7 heteroatoms. The molecule has 0 spiro atoms. The van der Waals surface area contributed by atoms with E-state index in [4.69, 9.17) is 28.6 Å². The van der Waals surface area contributed by atoms with Crippen molar-refractivity contribution in [2.45, 2.75) is 13.3 Å². The third-order valence-electron chi connectivity index (χ3n) is 4.64. The minimum atomic E-state index is 0.0808. The number of rotatable bonds is 4. The van der Waals surface area contributed by atoms with Crippen molar-refractivity contribution in [3.63, 3.8) is 0 Å². The third-order valence-corrected chi connectivity index (χ3v) is 6.24. The van der Waals surface area contributed by atoms with Crippen LogP contribution in [-0.2, 0) is 6.42 Å². The normalized spacial score (nSPS) is 13.9. The number of thiazole rings is 1. The first-order valence-electron chi connectivity index (χ1n) is 8.70. The van der Waals surface area contributed by atoms with E-state index in [1.165, 1.54) is 16.9 Å². The molecule has 0 unspecified atom stereocenters. The van der Waals surface area contributed by atoms with Crippen molar-refractivity contribution >= 4 is 58.7 Å². The molecule has 1 aliphatic heterocycles. The van der Waals surface area contributed by atoms with Crippen LogP contribution in [0.2, 0.25) is 5.02 Å². The van der Waals surface area contributed by atoms with Gasteiger partial charge in [-0.05, 0) is 48.5 Å². The molecule has 2 aromatic carbocycles. The van der Waals surface area contributed by atoms with E-state index < -0.39 is 0 Å². The quantitative estimate of drug-likeness (QED) is 0.485. The number of halogens is 1. The van der Waals surface area contributed by atoms with Crippen molar-refractivity contribution in [1.29, 1.82) is 0 Å². The summed E-state index contributed by atoms with van der Waals surface area (Å²) in [5, 5.41) is 11.3. The van der Waals surface area contributed by atoms with Gasteiger partial charge in [-0.25, -0.2) is 0 Å². The monoisotopic (exact) mass is 428 g/mol. The number of hydrogen-bond acceptors (Lipinski definition) is 5. The zero-order chi connectivity index (χ0) is 19.8. The maximum Gasteiger partial charge on any atom is 0.215 e. The molecular formula is C21H17ClN2O2S2. The van der Waals surface area contributed by atoms with Crippen LogP contribution < -0.4 is 4.74 Å². The molecule has 0 saturated heterocycles. The van der Waals surface area contributed by atoms with Crippen LogP contribution in [0.15, 0.2) is 41.4 Å². The van der Waals surface area contributed by atoms with E-state index in [1.54, 1.807) is 23.8 Å². The molecule has 0 saturated carbocycles. The van der Waals surface area contributed by atoms with Crippen LogP contribution in [0.5, 0.6) is 11.6 Å². The van der Waals surface area contributed by atoms with Gasteiger partial charge >= 0.3 is 0 Å². The molecular weight excluding hydrogens is 412 g/mol. The smallest absolute Gasteiger partial charge is 0.215 e. The van der Waals surface area contributed by atoms with Crippen LogP contribution in [0.25, 0.3) is 17.3 Å². The van der Waals surface area contributed by atoms with Crippen LogP contribution in [0, 0.1) is 3.95 Å². The van der Waals surface area contributed by atoms with E-state index in [1.807, 2.05) is 30.5 Å². The Kier molecular flexibility index (Phi) is 5.10. The molecule has 1 aromatic heterocycles. The fourth-order valence-electron chi connectivity index (χ4n) is 3.22. The SMILES string of the molecule is CCc1cccc2c1N=CC2=Cc1sc(=S)n(-c2ccc(OC)c(Cl)c2)c1O. The number of fused-ring (bicyclic) bond motifs is 1. The molecule has 4 rings (SSSR count). The summed E-state index contributed by atoms with van der Waals surface area (Å²) < 4.78 is 7.33. The summed E-state index contributed by atoms with van der Waals surface area (Å²) >= 11 is 13.1. The van der Waals surface area contributed by atoms with Gasteiger partial charge in [-0.1, -0.05) is 36.7 Å². The second kappa shape index (κ2) is 7.54. The molecule has 0 amide bonds. The minimum Gasteiger partial charge on any atom is -0.495 e. The lowest BCUT2D eigenvalue weighted by molar-refractivity contribution is 0.414. The molecule has 0 aliphatic carbocycles. The van der Waals surface area contributed by atoms with Gasteiger partial charge in [0.25, 0.3) is 0 Å². The summed E-state index contributed by atoms with van der Waals surface area (Å²) in [6.45, 7) is 2.12. The van der Waals surface area contributed by atoms with Gasteiger partial charge in [-0.15, -0.1) is 11.3 Å². The molecule has 1 N–H and O–H groups in total. The maximum absolute atomic E-state index is 10.8. The number of methoxy groups -OCH3 is 1. The summed E-state index contributed by atoms with van der Waals surface area (Å²) in [6, 6.07) is 11.4. The van der Waals surface area contributed by atoms with Gasteiger partial charge in [-0.3, -0.25) is 9.56 Å². The van der Waals surface area contributed by atoms with Crippen LogP contribution in [-0.4, -0.2) is 23.0 Å². The zero-order valence-corrected chi connectivity index (χ0v) is 17.7. The van der Waals surface area contributed by atoms with Gasteiger partial charge in [0.15, 0.2) is 3.95 Å². The number of aryl methyl sites for hydroxylation is 1. The lowest BCUT2D eigenvalue weighted by atomic mass is 10.0. The van der Waals surface area contributed by atoms with E-state index in [9.17, 15) is 5.11 Å². The van der Waals surface area contributed by atoms with Gasteiger partial charge in [0.1, 0.15) is 5.75 Å². The number of allylic oxidation sites excluding steroid dienone is 1. The highest BCUT2D eigenvalue weighted by Crippen LogP contribution is 2.39. The number of nitrogens with zero attached hydrogens (tertiary/aromatic N) is 2. The maximum atomic E-state index is 10.8. The minimum absolute atomic E-state index is 0.0808. The number of ether oxygens (including phenoxy) is 1. The summed E-state index contributed by atoms with van der Waals surface area (Å²) in [6.07, 6.45) is 4.68. The Labute approximate surface area is 177 Å². The van der Waals surface area contributed by atoms with Crippen molar-refractivity contribution in [1.82, 2.24) is 4.57 Å². The van der Waals surface area contributed by atoms with E-state index in [0.29, 0.717) is 25.3 Å². The number of aromatic nitrogens is 1. The average Bonchev–Trinajstić information content (AvgIpc) is 3.22. The molecule has 0 bridgehead atoms. The Bertz CT molecular complexity index is 1190. The fraction of sp³-hybridized carbons (Fsp3) is 0.143. The Hall–Kier alpha value is -2.41. The van der Waals surface area contributed by atoms with Gasteiger partial charge in [-0.2, -0.15) is 0 Å². The largest absolute Gasteiger partial charge is 0.495 e. The first-order chi connectivity index (χ1) is 13.5. The number of para-hydroxylation sites is 1. The van der Waals surface area contributed by atoms with Crippen molar-refractivity contribution in [3.05, 3.63) is 61.4 Å². The first-order valence-corrected chi connectivity index (χ1v) is 10.3. The predicted octanol–water partition coefficient (Wildman–Crippen LogP) is 6.45. The summed E-state index contributed by atoms with van der Waals surface area (Å²) in [4.78, 5) is 5.24. The molecule has 0 radical (unpaired) electrons. The Morgan fingerprint density at radius 2 is 2.14 bits per heavy atom. The lowest BCUT2D eigenvalue weighted by Crippen LogP contribution is -1.94. The molecule has 28 heavy (non-hydrogen) atoms. The number of aliphatic imine (C=N–C) groups is 1. The standard InChI is InChI=1S/C21H17ClN2O2S2/c1-3-12-5-4-6-15-13(11-23-19(12)15)9-18-20(25)24(21(27)28-18)14-7-8-17(26-2)16(22)10-14/h4-11,25H,3H2,1-2H3. The van der Waals surface area contributed by atoms with Crippen molar-refractivity contribution < 1.29 is 9.84 Å². The van der Waals surface area contributed by atoms with Gasteiger partial charge in [0, 0.05) is 17.4 Å². The second-order valence-electron chi connectivity index (χ2n) is 6.23. The number of hydrogen-bond donors (Lipinski definition) is 1. The molecule has 4 nitrogen and oxygen atoms in total. The molecule has 142 valence electrons. The fourth-order valence-corrected chi connectivity index (χ4v) is 4.77. The molecule has 3 aromatic rings.